The van der Waals surface area contributed by atoms with Crippen molar-refractivity contribution in [3.63, 3.8) is 0 Å². The predicted molar refractivity (Wildman–Crippen MR) is 149 cm³/mol. The lowest BCUT2D eigenvalue weighted by atomic mass is 9.74. The number of hydrogen-bond acceptors (Lipinski definition) is 2. The number of urea groups is 1. The third kappa shape index (κ3) is 4.27. The summed E-state index contributed by atoms with van der Waals surface area (Å²) in [6, 6.07) is 29.9. The SMILES string of the molecule is Cc1cccc(NC(=O)N2CC3(CCN(Cc4ccc5ccccc5c4)CC3)c3cc(C)ccc32)c1. The van der Waals surface area contributed by atoms with Crippen molar-refractivity contribution in [2.75, 3.05) is 29.9 Å². The van der Waals surface area contributed by atoms with Crippen LogP contribution in [-0.2, 0) is 12.0 Å². The van der Waals surface area contributed by atoms with E-state index in [9.17, 15) is 4.79 Å². The summed E-state index contributed by atoms with van der Waals surface area (Å²) < 4.78 is 0. The van der Waals surface area contributed by atoms with E-state index in [0.717, 1.165) is 56.0 Å². The Bertz CT molecular complexity index is 1430. The molecule has 0 bridgehead atoms. The summed E-state index contributed by atoms with van der Waals surface area (Å²) in [5.74, 6) is 0. The molecule has 0 aromatic heterocycles. The number of fused-ring (bicyclic) bond motifs is 3. The lowest BCUT2D eigenvalue weighted by Gasteiger charge is -2.40. The van der Waals surface area contributed by atoms with E-state index in [1.165, 1.54) is 27.5 Å². The van der Waals surface area contributed by atoms with Gasteiger partial charge >= 0.3 is 6.03 Å². The zero-order chi connectivity index (χ0) is 24.7. The molecule has 0 radical (unpaired) electrons. The maximum atomic E-state index is 13.4. The van der Waals surface area contributed by atoms with Gasteiger partial charge in [-0.25, -0.2) is 4.79 Å². The molecule has 4 aromatic rings. The second-order valence-corrected chi connectivity index (χ2v) is 10.6. The van der Waals surface area contributed by atoms with Crippen molar-refractivity contribution in [1.82, 2.24) is 4.90 Å². The van der Waals surface area contributed by atoms with Crippen LogP contribution in [0.3, 0.4) is 0 Å². The summed E-state index contributed by atoms with van der Waals surface area (Å²) in [5, 5.41) is 5.73. The van der Waals surface area contributed by atoms with Crippen molar-refractivity contribution in [3.8, 4) is 0 Å². The molecule has 0 aliphatic carbocycles. The summed E-state index contributed by atoms with van der Waals surface area (Å²) >= 11 is 0. The van der Waals surface area contributed by atoms with Gasteiger partial charge in [0.15, 0.2) is 0 Å². The van der Waals surface area contributed by atoms with E-state index in [-0.39, 0.29) is 11.4 Å². The topological polar surface area (TPSA) is 35.6 Å². The van der Waals surface area contributed by atoms with Gasteiger partial charge in [0.05, 0.1) is 0 Å². The monoisotopic (exact) mass is 475 g/mol. The van der Waals surface area contributed by atoms with Crippen molar-refractivity contribution in [2.45, 2.75) is 38.6 Å². The molecule has 2 amide bonds. The van der Waals surface area contributed by atoms with Crippen LogP contribution in [0, 0.1) is 13.8 Å². The molecule has 2 aliphatic heterocycles. The number of anilines is 2. The van der Waals surface area contributed by atoms with E-state index in [1.807, 2.05) is 36.1 Å². The number of aryl methyl sites for hydroxylation is 2. The minimum Gasteiger partial charge on any atom is -0.308 e. The van der Waals surface area contributed by atoms with Gasteiger partial charge in [0.25, 0.3) is 0 Å². The fourth-order valence-corrected chi connectivity index (χ4v) is 6.04. The van der Waals surface area contributed by atoms with Crippen LogP contribution >= 0.6 is 0 Å². The summed E-state index contributed by atoms with van der Waals surface area (Å²) in [4.78, 5) is 18.0. The molecule has 1 N–H and O–H groups in total. The highest BCUT2D eigenvalue weighted by atomic mass is 16.2. The largest absolute Gasteiger partial charge is 0.326 e. The smallest absolute Gasteiger partial charge is 0.308 e. The Kier molecular flexibility index (Phi) is 5.77. The zero-order valence-corrected chi connectivity index (χ0v) is 21.1. The Morgan fingerprint density at radius 2 is 1.61 bits per heavy atom. The number of piperidine rings is 1. The van der Waals surface area contributed by atoms with Crippen LogP contribution in [0.5, 0.6) is 0 Å². The molecule has 2 aliphatic rings. The van der Waals surface area contributed by atoms with E-state index in [2.05, 4.69) is 77.8 Å². The van der Waals surface area contributed by atoms with Crippen LogP contribution in [0.2, 0.25) is 0 Å². The normalized spacial score (nSPS) is 16.9. The fraction of sp³-hybridized carbons (Fsp3) is 0.281. The first-order chi connectivity index (χ1) is 17.5. The third-order valence-corrected chi connectivity index (χ3v) is 8.02. The molecule has 1 spiro atoms. The Hall–Kier alpha value is -3.63. The number of likely N-dealkylation sites (tertiary alicyclic amines) is 1. The number of nitrogens with one attached hydrogen (secondary N) is 1. The van der Waals surface area contributed by atoms with E-state index >= 15 is 0 Å². The molecule has 2 heterocycles. The molecule has 0 unspecified atom stereocenters. The first-order valence-electron chi connectivity index (χ1n) is 13.0. The standard InChI is InChI=1S/C32H33N3O/c1-23-6-5-9-28(18-23)33-31(36)35-22-32(29-19-24(2)10-13-30(29)35)14-16-34(17-15-32)21-25-11-12-26-7-3-4-8-27(26)20-25/h3-13,18-20H,14-17,21-22H2,1-2H3,(H,33,36). The number of amides is 2. The minimum atomic E-state index is -0.0406. The highest BCUT2D eigenvalue weighted by Gasteiger charge is 2.46. The Balaban J connectivity index is 1.20. The number of benzene rings is 4. The van der Waals surface area contributed by atoms with Gasteiger partial charge < -0.3 is 5.32 Å². The molecule has 1 fully saturated rings. The average Bonchev–Trinajstić information content (AvgIpc) is 3.19. The zero-order valence-electron chi connectivity index (χ0n) is 21.1. The van der Waals surface area contributed by atoms with Gasteiger partial charge in [0.2, 0.25) is 0 Å². The Labute approximate surface area is 213 Å². The van der Waals surface area contributed by atoms with Crippen LogP contribution in [0.1, 0.15) is 35.1 Å². The summed E-state index contributed by atoms with van der Waals surface area (Å²) in [7, 11) is 0. The Morgan fingerprint density at radius 1 is 0.833 bits per heavy atom. The molecule has 1 saturated heterocycles. The highest BCUT2D eigenvalue weighted by Crippen LogP contribution is 2.47. The summed E-state index contributed by atoms with van der Waals surface area (Å²) in [5.41, 5.74) is 7.03. The lowest BCUT2D eigenvalue weighted by molar-refractivity contribution is 0.160. The highest BCUT2D eigenvalue weighted by molar-refractivity contribution is 6.03. The number of carbonyl (C=O) groups excluding carboxylic acids is 1. The van der Waals surface area contributed by atoms with Gasteiger partial charge in [-0.15, -0.1) is 0 Å². The minimum absolute atomic E-state index is 0.0190. The average molecular weight is 476 g/mol. The number of rotatable bonds is 3. The first kappa shape index (κ1) is 22.8. The molecule has 36 heavy (non-hydrogen) atoms. The van der Waals surface area contributed by atoms with E-state index < -0.39 is 0 Å². The van der Waals surface area contributed by atoms with Gasteiger partial charge in [-0.1, -0.05) is 66.2 Å². The van der Waals surface area contributed by atoms with Crippen molar-refractivity contribution >= 4 is 28.2 Å². The van der Waals surface area contributed by atoms with Crippen LogP contribution in [0.15, 0.2) is 84.9 Å². The predicted octanol–water partition coefficient (Wildman–Crippen LogP) is 7.04. The molecular weight excluding hydrogens is 442 g/mol. The second kappa shape index (κ2) is 9.11. The van der Waals surface area contributed by atoms with E-state index in [4.69, 9.17) is 0 Å². The number of nitrogens with zero attached hydrogens (tertiary/aromatic N) is 2. The van der Waals surface area contributed by atoms with Crippen molar-refractivity contribution in [3.05, 3.63) is 107 Å². The molecule has 0 atom stereocenters. The first-order valence-corrected chi connectivity index (χ1v) is 13.0. The fourth-order valence-electron chi connectivity index (χ4n) is 6.04. The number of hydrogen-bond donors (Lipinski definition) is 1. The van der Waals surface area contributed by atoms with E-state index in [0.29, 0.717) is 0 Å². The summed E-state index contributed by atoms with van der Waals surface area (Å²) in [6.07, 6.45) is 2.12. The van der Waals surface area contributed by atoms with Gasteiger partial charge in [-0.2, -0.15) is 0 Å². The molecule has 4 heteroatoms. The number of carbonyl (C=O) groups is 1. The molecule has 182 valence electrons. The van der Waals surface area contributed by atoms with Crippen molar-refractivity contribution < 1.29 is 4.79 Å². The molecule has 4 nitrogen and oxygen atoms in total. The van der Waals surface area contributed by atoms with Gasteiger partial charge in [0, 0.05) is 29.9 Å². The molecule has 6 rings (SSSR count). The second-order valence-electron chi connectivity index (χ2n) is 10.6. The molecule has 4 aromatic carbocycles. The van der Waals surface area contributed by atoms with Gasteiger partial charge in [0.1, 0.15) is 0 Å². The van der Waals surface area contributed by atoms with Crippen molar-refractivity contribution in [1.29, 1.82) is 0 Å². The third-order valence-electron chi connectivity index (χ3n) is 8.02. The van der Waals surface area contributed by atoms with Crippen molar-refractivity contribution in [2.24, 2.45) is 0 Å². The molecule has 0 saturated carbocycles. The van der Waals surface area contributed by atoms with Gasteiger partial charge in [-0.3, -0.25) is 9.80 Å². The maximum Gasteiger partial charge on any atom is 0.326 e. The van der Waals surface area contributed by atoms with Crippen LogP contribution in [0.25, 0.3) is 10.8 Å². The quantitative estimate of drug-likeness (QED) is 0.345. The maximum absolute atomic E-state index is 13.4. The Morgan fingerprint density at radius 3 is 2.42 bits per heavy atom. The van der Waals surface area contributed by atoms with Crippen LogP contribution in [-0.4, -0.2) is 30.6 Å². The summed E-state index contributed by atoms with van der Waals surface area (Å²) in [6.45, 7) is 7.98. The lowest BCUT2D eigenvalue weighted by Crippen LogP contribution is -2.46. The van der Waals surface area contributed by atoms with Crippen LogP contribution < -0.4 is 10.2 Å². The van der Waals surface area contributed by atoms with Gasteiger partial charge in [-0.05, 0) is 91.5 Å². The molecular formula is C32H33N3O. The van der Waals surface area contributed by atoms with E-state index in [1.54, 1.807) is 0 Å². The van der Waals surface area contributed by atoms with Crippen LogP contribution in [0.4, 0.5) is 16.2 Å².